The predicted octanol–water partition coefficient (Wildman–Crippen LogP) is -0.213. The van der Waals surface area contributed by atoms with E-state index in [2.05, 4.69) is 13.3 Å². The Morgan fingerprint density at radius 1 is 0.933 bits per heavy atom. The molecule has 0 amide bonds. The second kappa shape index (κ2) is 5.16. The number of hydrogen-bond acceptors (Lipinski definition) is 6. The van der Waals surface area contributed by atoms with Crippen LogP contribution in [-0.2, 0) is 27.7 Å². The fourth-order valence-electron chi connectivity index (χ4n) is 0.719. The van der Waals surface area contributed by atoms with Crippen molar-refractivity contribution in [1.29, 1.82) is 0 Å². The SMILES string of the molecule is C#C[Si](OC(C)=O)(OC(C)=O)OC(C)=O. The highest BCUT2D eigenvalue weighted by Crippen LogP contribution is 2.09. The molecule has 0 atom stereocenters. The third kappa shape index (κ3) is 4.83. The minimum atomic E-state index is -3.98. The van der Waals surface area contributed by atoms with E-state index >= 15 is 0 Å². The van der Waals surface area contributed by atoms with E-state index < -0.39 is 26.7 Å². The number of rotatable bonds is 3. The Kier molecular flexibility index (Phi) is 4.54. The monoisotopic (exact) mass is 230 g/mol. The smallest absolute Gasteiger partial charge is 0.446 e. The summed E-state index contributed by atoms with van der Waals surface area (Å²) in [7, 11) is -3.98. The van der Waals surface area contributed by atoms with Crippen LogP contribution in [0.3, 0.4) is 0 Å². The van der Waals surface area contributed by atoms with Crippen molar-refractivity contribution >= 4 is 26.7 Å². The van der Waals surface area contributed by atoms with Crippen molar-refractivity contribution in [2.75, 3.05) is 0 Å². The molecule has 82 valence electrons. The molecule has 0 rings (SSSR count). The molecular weight excluding hydrogens is 220 g/mol. The van der Waals surface area contributed by atoms with E-state index in [1.807, 2.05) is 5.54 Å². The van der Waals surface area contributed by atoms with Crippen LogP contribution in [0, 0.1) is 12.0 Å². The van der Waals surface area contributed by atoms with Gasteiger partial charge in [0.1, 0.15) is 0 Å². The molecular formula is C8H10O6Si. The van der Waals surface area contributed by atoms with Crippen molar-refractivity contribution in [2.24, 2.45) is 0 Å². The van der Waals surface area contributed by atoms with Crippen molar-refractivity contribution in [3.63, 3.8) is 0 Å². The summed E-state index contributed by atoms with van der Waals surface area (Å²) >= 11 is 0. The highest BCUT2D eigenvalue weighted by atomic mass is 28.4. The van der Waals surface area contributed by atoms with Gasteiger partial charge in [0.25, 0.3) is 17.9 Å². The average molecular weight is 230 g/mol. The van der Waals surface area contributed by atoms with Crippen LogP contribution < -0.4 is 0 Å². The Hall–Kier alpha value is -1.81. The average Bonchev–Trinajstić information content (AvgIpc) is 1.99. The van der Waals surface area contributed by atoms with Gasteiger partial charge in [0, 0.05) is 20.8 Å². The lowest BCUT2D eigenvalue weighted by atomic mass is 10.9. The number of hydrogen-bond donors (Lipinski definition) is 0. The summed E-state index contributed by atoms with van der Waals surface area (Å²) in [4.78, 5) is 32.1. The van der Waals surface area contributed by atoms with Crippen molar-refractivity contribution in [1.82, 2.24) is 0 Å². The number of terminal acetylenes is 1. The third-order valence-corrected chi connectivity index (χ3v) is 3.03. The predicted molar refractivity (Wildman–Crippen MR) is 49.9 cm³/mol. The van der Waals surface area contributed by atoms with E-state index in [0.29, 0.717) is 0 Å². The normalized spacial score (nSPS) is 9.73. The van der Waals surface area contributed by atoms with Gasteiger partial charge in [-0.15, -0.1) is 6.42 Å². The summed E-state index contributed by atoms with van der Waals surface area (Å²) in [5.74, 6) is -2.37. The quantitative estimate of drug-likeness (QED) is 0.493. The molecule has 0 aliphatic rings. The Morgan fingerprint density at radius 2 is 1.20 bits per heavy atom. The van der Waals surface area contributed by atoms with Crippen LogP contribution in [0.2, 0.25) is 0 Å². The highest BCUT2D eigenvalue weighted by molar-refractivity contribution is 6.73. The van der Waals surface area contributed by atoms with Gasteiger partial charge in [-0.3, -0.25) is 14.4 Å². The molecule has 0 N–H and O–H groups in total. The summed E-state index contributed by atoms with van der Waals surface area (Å²) in [5, 5.41) is 0. The zero-order chi connectivity index (χ0) is 12.1. The van der Waals surface area contributed by atoms with Gasteiger partial charge in [-0.1, -0.05) is 0 Å². The summed E-state index contributed by atoms with van der Waals surface area (Å²) in [6.45, 7) is 3.18. The Morgan fingerprint density at radius 3 is 1.33 bits per heavy atom. The highest BCUT2D eigenvalue weighted by Gasteiger charge is 2.51. The Balaban J connectivity index is 4.93. The van der Waals surface area contributed by atoms with Gasteiger partial charge in [0.15, 0.2) is 0 Å². The molecule has 0 bridgehead atoms. The van der Waals surface area contributed by atoms with Crippen LogP contribution in [0.15, 0.2) is 0 Å². The zero-order valence-corrected chi connectivity index (χ0v) is 9.53. The lowest BCUT2D eigenvalue weighted by Gasteiger charge is -2.20. The Bertz CT molecular complexity index is 288. The third-order valence-electron chi connectivity index (χ3n) is 1.01. The molecule has 0 radical (unpaired) electrons. The molecule has 0 aliphatic carbocycles. The van der Waals surface area contributed by atoms with Crippen LogP contribution in [0.1, 0.15) is 20.8 Å². The van der Waals surface area contributed by atoms with Gasteiger partial charge < -0.3 is 13.3 Å². The summed E-state index contributed by atoms with van der Waals surface area (Å²) < 4.78 is 13.8. The molecule has 0 aromatic heterocycles. The first-order chi connectivity index (χ1) is 6.81. The maximum absolute atomic E-state index is 10.7. The topological polar surface area (TPSA) is 78.9 Å². The molecule has 0 saturated carbocycles. The first kappa shape index (κ1) is 13.2. The second-order valence-electron chi connectivity index (χ2n) is 2.48. The van der Waals surface area contributed by atoms with Gasteiger partial charge in [0.05, 0.1) is 0 Å². The number of carbonyl (C=O) groups is 3. The Labute approximate surface area is 87.9 Å². The molecule has 0 saturated heterocycles. The maximum Gasteiger partial charge on any atom is 0.799 e. The van der Waals surface area contributed by atoms with Crippen molar-refractivity contribution in [3.8, 4) is 12.0 Å². The van der Waals surface area contributed by atoms with Crippen molar-refractivity contribution < 1.29 is 27.7 Å². The van der Waals surface area contributed by atoms with E-state index in [-0.39, 0.29) is 0 Å². The largest absolute Gasteiger partial charge is 0.799 e. The zero-order valence-electron chi connectivity index (χ0n) is 8.53. The molecule has 0 unspecified atom stereocenters. The number of carbonyl (C=O) groups excluding carboxylic acids is 3. The summed E-state index contributed by atoms with van der Waals surface area (Å²) in [6, 6.07) is 0. The van der Waals surface area contributed by atoms with Gasteiger partial charge in [0.2, 0.25) is 0 Å². The van der Waals surface area contributed by atoms with E-state index in [4.69, 9.17) is 6.42 Å². The van der Waals surface area contributed by atoms with Crippen LogP contribution in [-0.4, -0.2) is 26.7 Å². The van der Waals surface area contributed by atoms with Crippen LogP contribution in [0.25, 0.3) is 0 Å². The van der Waals surface area contributed by atoms with E-state index in [1.54, 1.807) is 0 Å². The molecule has 0 heterocycles. The first-order valence-corrected chi connectivity index (χ1v) is 5.60. The van der Waals surface area contributed by atoms with Crippen molar-refractivity contribution in [2.45, 2.75) is 20.8 Å². The molecule has 0 fully saturated rings. The van der Waals surface area contributed by atoms with Gasteiger partial charge in [-0.25, -0.2) is 0 Å². The molecule has 0 aromatic rings. The fourth-order valence-corrected chi connectivity index (χ4v) is 2.16. The molecule has 6 nitrogen and oxygen atoms in total. The summed E-state index contributed by atoms with van der Waals surface area (Å²) in [6.07, 6.45) is 5.03. The molecule has 7 heteroatoms. The first-order valence-electron chi connectivity index (χ1n) is 3.88. The van der Waals surface area contributed by atoms with E-state index in [9.17, 15) is 14.4 Å². The van der Waals surface area contributed by atoms with E-state index in [1.165, 1.54) is 0 Å². The molecule has 0 spiro atoms. The van der Waals surface area contributed by atoms with Gasteiger partial charge in [-0.05, 0) is 5.54 Å². The van der Waals surface area contributed by atoms with Crippen LogP contribution >= 0.6 is 0 Å². The maximum atomic E-state index is 10.7. The van der Waals surface area contributed by atoms with Crippen LogP contribution in [0.4, 0.5) is 0 Å². The second-order valence-corrected chi connectivity index (χ2v) is 4.49. The lowest BCUT2D eigenvalue weighted by Crippen LogP contribution is -2.48. The fraction of sp³-hybridized carbons (Fsp3) is 0.375. The molecule has 0 aliphatic heterocycles. The summed E-state index contributed by atoms with van der Waals surface area (Å²) in [5.41, 5.74) is 1.92. The van der Waals surface area contributed by atoms with Crippen LogP contribution in [0.5, 0.6) is 0 Å². The lowest BCUT2D eigenvalue weighted by molar-refractivity contribution is -0.146. The van der Waals surface area contributed by atoms with Gasteiger partial charge >= 0.3 is 8.80 Å². The minimum absolute atomic E-state index is 0.790. The van der Waals surface area contributed by atoms with Gasteiger partial charge in [-0.2, -0.15) is 0 Å². The molecule has 15 heavy (non-hydrogen) atoms. The van der Waals surface area contributed by atoms with E-state index in [0.717, 1.165) is 20.8 Å². The minimum Gasteiger partial charge on any atom is -0.446 e. The van der Waals surface area contributed by atoms with Crippen molar-refractivity contribution in [3.05, 3.63) is 0 Å². The standard InChI is InChI=1S/C8H10O6Si/c1-5-15(12-6(2)9,13-7(3)10)14-8(4)11/h1H,2-4H3. The molecule has 0 aromatic carbocycles.